The monoisotopic (exact) mass is 485 g/mol. The summed E-state index contributed by atoms with van der Waals surface area (Å²) in [5, 5.41) is 18.6. The fourth-order valence-corrected chi connectivity index (χ4v) is 3.63. The number of amides is 1. The molecule has 3 rings (SSSR count). The number of alkyl carbamates (subject to hydrolysis) is 1. The molecule has 9 nitrogen and oxygen atoms in total. The lowest BCUT2D eigenvalue weighted by molar-refractivity contribution is 0.0501. The number of pyridine rings is 1. The summed E-state index contributed by atoms with van der Waals surface area (Å²) in [4.78, 5) is 16.6. The Morgan fingerprint density at radius 3 is 2.29 bits per heavy atom. The van der Waals surface area contributed by atoms with E-state index in [1.165, 1.54) is 14.2 Å². The van der Waals surface area contributed by atoms with E-state index in [2.05, 4.69) is 20.9 Å². The largest absolute Gasteiger partial charge is 0.497 e. The molecule has 1 aromatic heterocycles. The van der Waals surface area contributed by atoms with Gasteiger partial charge in [0.25, 0.3) is 0 Å². The molecule has 0 unspecified atom stereocenters. The highest BCUT2D eigenvalue weighted by molar-refractivity contribution is 5.69. The summed E-state index contributed by atoms with van der Waals surface area (Å²) < 4.78 is 30.9. The van der Waals surface area contributed by atoms with Gasteiger partial charge in [0, 0.05) is 29.9 Å². The highest BCUT2D eigenvalue weighted by Gasteiger charge is 2.37. The second-order valence-corrected chi connectivity index (χ2v) is 9.50. The Kier molecular flexibility index (Phi) is 7.89. The van der Waals surface area contributed by atoms with E-state index < -0.39 is 17.5 Å². The number of aromatic nitrogens is 1. The van der Waals surface area contributed by atoms with E-state index in [1.54, 1.807) is 39.0 Å². The lowest BCUT2D eigenvalue weighted by atomic mass is 10.0. The molecular weight excluding hydrogens is 453 g/mol. The van der Waals surface area contributed by atoms with Crippen molar-refractivity contribution in [1.29, 1.82) is 5.26 Å². The third-order valence-electron chi connectivity index (χ3n) is 5.43. The summed E-state index contributed by atoms with van der Waals surface area (Å²) in [6.45, 7) is 7.20. The summed E-state index contributed by atoms with van der Waals surface area (Å²) in [6.07, 6.45) is 1.36. The van der Waals surface area contributed by atoms with Crippen molar-refractivity contribution in [3.8, 4) is 17.6 Å². The van der Waals surface area contributed by atoms with Gasteiger partial charge in [0.05, 0.1) is 25.8 Å². The van der Waals surface area contributed by atoms with E-state index >= 15 is 0 Å². The molecule has 1 heterocycles. The maximum atomic E-state index is 14.9. The number of nitrogens with one attached hydrogen (secondary N) is 3. The van der Waals surface area contributed by atoms with E-state index in [0.717, 1.165) is 18.9 Å². The number of ether oxygens (including phenoxy) is 3. The Hall–Kier alpha value is -3.74. The minimum Gasteiger partial charge on any atom is -0.497 e. The molecule has 2 atom stereocenters. The van der Waals surface area contributed by atoms with Crippen LogP contribution in [0.2, 0.25) is 0 Å². The number of carbonyl (C=O) groups excluding carboxylic acids is 1. The van der Waals surface area contributed by atoms with E-state index in [4.69, 9.17) is 14.2 Å². The van der Waals surface area contributed by atoms with Crippen LogP contribution in [0, 0.1) is 23.1 Å². The average molecular weight is 486 g/mol. The zero-order chi connectivity index (χ0) is 25.8. The normalized spacial score (nSPS) is 14.8. The van der Waals surface area contributed by atoms with Crippen molar-refractivity contribution >= 4 is 23.4 Å². The van der Waals surface area contributed by atoms with Crippen LogP contribution in [-0.2, 0) is 4.74 Å². The Labute approximate surface area is 205 Å². The van der Waals surface area contributed by atoms with Crippen LogP contribution < -0.4 is 25.4 Å². The number of nitriles is 1. The van der Waals surface area contributed by atoms with Crippen molar-refractivity contribution in [2.24, 2.45) is 5.92 Å². The van der Waals surface area contributed by atoms with Gasteiger partial charge in [-0.3, -0.25) is 0 Å². The van der Waals surface area contributed by atoms with E-state index in [1.807, 2.05) is 13.0 Å². The van der Waals surface area contributed by atoms with E-state index in [9.17, 15) is 14.4 Å². The molecule has 3 N–H and O–H groups in total. The molecule has 1 aliphatic carbocycles. The minimum absolute atomic E-state index is 0.0175. The number of rotatable bonds is 9. The molecule has 0 spiro atoms. The number of nitrogens with zero attached hydrogens (tertiary/aromatic N) is 2. The molecule has 1 aliphatic rings. The van der Waals surface area contributed by atoms with Crippen LogP contribution in [0.1, 0.15) is 46.1 Å². The highest BCUT2D eigenvalue weighted by Crippen LogP contribution is 2.37. The summed E-state index contributed by atoms with van der Waals surface area (Å²) in [5.74, 6) is 0.828. The molecule has 1 fully saturated rings. The summed E-state index contributed by atoms with van der Waals surface area (Å²) in [7, 11) is 3.06. The first-order valence-electron chi connectivity index (χ1n) is 11.4. The van der Waals surface area contributed by atoms with Gasteiger partial charge in [-0.05, 0) is 52.5 Å². The van der Waals surface area contributed by atoms with Crippen LogP contribution >= 0.6 is 0 Å². The van der Waals surface area contributed by atoms with Gasteiger partial charge in [-0.2, -0.15) is 5.26 Å². The summed E-state index contributed by atoms with van der Waals surface area (Å²) in [5.41, 5.74) is -0.0320. The van der Waals surface area contributed by atoms with Gasteiger partial charge in [-0.1, -0.05) is 0 Å². The van der Waals surface area contributed by atoms with Crippen LogP contribution in [0.5, 0.6) is 11.5 Å². The van der Waals surface area contributed by atoms with E-state index in [0.29, 0.717) is 17.2 Å². The van der Waals surface area contributed by atoms with Crippen molar-refractivity contribution in [3.05, 3.63) is 35.6 Å². The lowest BCUT2D eigenvalue weighted by Gasteiger charge is -2.28. The molecule has 0 radical (unpaired) electrons. The number of hydrogen-bond donors (Lipinski definition) is 3. The predicted molar refractivity (Wildman–Crippen MR) is 131 cm³/mol. The quantitative estimate of drug-likeness (QED) is 0.456. The maximum absolute atomic E-state index is 14.9. The molecule has 1 saturated carbocycles. The fraction of sp³-hybridized carbons (Fsp3) is 0.480. The molecule has 0 saturated heterocycles. The average Bonchev–Trinajstić information content (AvgIpc) is 3.62. The Morgan fingerprint density at radius 2 is 1.77 bits per heavy atom. The van der Waals surface area contributed by atoms with Crippen LogP contribution in [0.15, 0.2) is 24.3 Å². The first-order chi connectivity index (χ1) is 16.5. The van der Waals surface area contributed by atoms with Gasteiger partial charge in [0.15, 0.2) is 17.5 Å². The summed E-state index contributed by atoms with van der Waals surface area (Å²) >= 11 is 0. The maximum Gasteiger partial charge on any atom is 0.407 e. The first kappa shape index (κ1) is 25.9. The third-order valence-corrected chi connectivity index (χ3v) is 5.43. The number of halogens is 1. The van der Waals surface area contributed by atoms with Crippen molar-refractivity contribution in [2.45, 2.75) is 58.2 Å². The number of hydrogen-bond acceptors (Lipinski definition) is 8. The number of anilines is 3. The summed E-state index contributed by atoms with van der Waals surface area (Å²) in [6, 6.07) is 7.60. The molecule has 10 heteroatoms. The predicted octanol–water partition coefficient (Wildman–Crippen LogP) is 4.96. The topological polar surface area (TPSA) is 118 Å². The second-order valence-electron chi connectivity index (χ2n) is 9.50. The molecule has 0 bridgehead atoms. The molecule has 2 aromatic rings. The van der Waals surface area contributed by atoms with Crippen LogP contribution in [0.4, 0.5) is 26.5 Å². The van der Waals surface area contributed by atoms with Crippen molar-refractivity contribution in [1.82, 2.24) is 10.3 Å². The molecule has 1 aromatic carbocycles. The van der Waals surface area contributed by atoms with Gasteiger partial charge in [0.2, 0.25) is 0 Å². The van der Waals surface area contributed by atoms with Crippen LogP contribution in [-0.4, -0.2) is 43.0 Å². The SMILES string of the molecule is COc1cc(Nc2nc(N[C@H](C3CC3)[C@H](C)NC(=O)OC(C)(C)C)c(F)cc2C#N)cc(OC)c1. The van der Waals surface area contributed by atoms with Gasteiger partial charge in [-0.25, -0.2) is 14.2 Å². The first-order valence-corrected chi connectivity index (χ1v) is 11.4. The zero-order valence-corrected chi connectivity index (χ0v) is 20.9. The van der Waals surface area contributed by atoms with Crippen LogP contribution in [0.3, 0.4) is 0 Å². The molecule has 0 aliphatic heterocycles. The van der Waals surface area contributed by atoms with Gasteiger partial charge in [0.1, 0.15) is 23.2 Å². The fourth-order valence-electron chi connectivity index (χ4n) is 3.63. The number of methoxy groups -OCH3 is 2. The minimum atomic E-state index is -0.662. The van der Waals surface area contributed by atoms with Gasteiger partial charge in [-0.15, -0.1) is 0 Å². The Morgan fingerprint density at radius 1 is 1.14 bits per heavy atom. The van der Waals surface area contributed by atoms with Crippen molar-refractivity contribution in [2.75, 3.05) is 24.9 Å². The van der Waals surface area contributed by atoms with E-state index in [-0.39, 0.29) is 35.2 Å². The molecule has 1 amide bonds. The third kappa shape index (κ3) is 7.12. The Balaban J connectivity index is 1.85. The second kappa shape index (κ2) is 10.7. The standard InChI is InChI=1S/C25H32FN5O4/c1-14(28-24(32)35-25(2,3)4)21(15-7-8-15)30-23-20(26)9-16(13-27)22(31-23)29-17-10-18(33-5)12-19(11-17)34-6/h9-12,14-15,21H,7-8H2,1-6H3,(H,28,32)(H2,29,30,31)/t14-,21-/m0/s1. The molecule has 35 heavy (non-hydrogen) atoms. The smallest absolute Gasteiger partial charge is 0.407 e. The van der Waals surface area contributed by atoms with Crippen molar-refractivity contribution < 1.29 is 23.4 Å². The molecular formula is C25H32FN5O4. The van der Waals surface area contributed by atoms with Gasteiger partial charge < -0.3 is 30.2 Å². The number of carbonyl (C=O) groups is 1. The molecule has 188 valence electrons. The van der Waals surface area contributed by atoms with Crippen molar-refractivity contribution in [3.63, 3.8) is 0 Å². The highest BCUT2D eigenvalue weighted by atomic mass is 19.1. The Bertz CT molecular complexity index is 1090. The zero-order valence-electron chi connectivity index (χ0n) is 20.9. The lowest BCUT2D eigenvalue weighted by Crippen LogP contribution is -2.47. The van der Waals surface area contributed by atoms with Gasteiger partial charge >= 0.3 is 6.09 Å². The number of benzene rings is 1. The van der Waals surface area contributed by atoms with Crippen LogP contribution in [0.25, 0.3) is 0 Å².